The zero-order chi connectivity index (χ0) is 41.0. The molecule has 0 heterocycles. The Bertz CT molecular complexity index is 1450. The fourth-order valence-corrected chi connectivity index (χ4v) is 5.91. The van der Waals surface area contributed by atoms with Crippen molar-refractivity contribution < 1.29 is 43.5 Å². The second kappa shape index (κ2) is 26.3. The number of amides is 7. The van der Waals surface area contributed by atoms with Crippen LogP contribution in [0.4, 0.5) is 0 Å². The molecule has 0 saturated carbocycles. The van der Waals surface area contributed by atoms with Crippen LogP contribution in [-0.2, 0) is 44.8 Å². The standard InChI is InChI=1S/C30H46N8O9S7/c31-15(7-48)23(39)33-17(8-49)26(42)36-20(11-52)28(44)35-18(9-50)25(41)32-16(6-14-4-2-1-3-5-14)24(40)34-19(10-51)27(43)37-21(12-53)29(45)38-22(13-54)30(46)47/h1-5,15-22,48-54H,6-13,31H2,(H,32,41)(H,33,39)(H,34,40)(H,35,44)(H,36,42)(H,37,43)(H,38,45)(H,46,47)/t15-,16-,17-,18-,19-,20-,21-,22-/m0/s1. The summed E-state index contributed by atoms with van der Waals surface area (Å²) in [5.41, 5.74) is 6.27. The van der Waals surface area contributed by atoms with Gasteiger partial charge in [0.25, 0.3) is 0 Å². The van der Waals surface area contributed by atoms with Gasteiger partial charge in [0.2, 0.25) is 41.4 Å². The molecule has 0 aromatic heterocycles. The van der Waals surface area contributed by atoms with E-state index in [2.05, 4.69) is 126 Å². The average Bonchev–Trinajstić information content (AvgIpc) is 3.16. The minimum absolute atomic E-state index is 0.0204. The number of carboxylic acid groups (broad SMARTS) is 1. The molecule has 54 heavy (non-hydrogen) atoms. The molecule has 0 saturated heterocycles. The lowest BCUT2D eigenvalue weighted by molar-refractivity contribution is -0.141. The van der Waals surface area contributed by atoms with Crippen LogP contribution >= 0.6 is 88.4 Å². The molecule has 0 aliphatic heterocycles. The van der Waals surface area contributed by atoms with Crippen molar-refractivity contribution in [3.05, 3.63) is 35.9 Å². The molecule has 0 fully saturated rings. The average molecular weight is 887 g/mol. The highest BCUT2D eigenvalue weighted by molar-refractivity contribution is 7.81. The third kappa shape index (κ3) is 16.6. The van der Waals surface area contributed by atoms with E-state index in [1.807, 2.05) is 0 Å². The zero-order valence-corrected chi connectivity index (χ0v) is 34.8. The van der Waals surface area contributed by atoms with Crippen molar-refractivity contribution in [3.8, 4) is 0 Å². The predicted octanol–water partition coefficient (Wildman–Crippen LogP) is -3.46. The Morgan fingerprint density at radius 3 is 1.02 bits per heavy atom. The van der Waals surface area contributed by atoms with Crippen LogP contribution in [0.2, 0.25) is 0 Å². The van der Waals surface area contributed by atoms with E-state index < -0.39 is 95.7 Å². The fraction of sp³-hybridized carbons (Fsp3) is 0.533. The largest absolute Gasteiger partial charge is 0.480 e. The number of nitrogens with one attached hydrogen (secondary N) is 7. The molecular formula is C30H46N8O9S7. The van der Waals surface area contributed by atoms with E-state index in [-0.39, 0.29) is 46.7 Å². The molecule has 302 valence electrons. The van der Waals surface area contributed by atoms with E-state index in [0.29, 0.717) is 5.56 Å². The van der Waals surface area contributed by atoms with Crippen LogP contribution in [0, 0.1) is 0 Å². The SMILES string of the molecule is N[C@@H](CS)C(=O)N[C@@H](CS)C(=O)N[C@@H](CS)C(=O)N[C@@H](CS)C(=O)N[C@@H](Cc1ccccc1)C(=O)N[C@@H](CS)C(=O)N[C@@H](CS)C(=O)N[C@@H](CS)C(=O)O. The molecule has 17 nitrogen and oxygen atoms in total. The van der Waals surface area contributed by atoms with Gasteiger partial charge < -0.3 is 48.1 Å². The summed E-state index contributed by atoms with van der Waals surface area (Å²) in [6, 6.07) is -1.44. The Morgan fingerprint density at radius 2 is 0.722 bits per heavy atom. The van der Waals surface area contributed by atoms with Crippen molar-refractivity contribution in [3.63, 3.8) is 0 Å². The van der Waals surface area contributed by atoms with Crippen molar-refractivity contribution in [1.29, 1.82) is 0 Å². The monoisotopic (exact) mass is 886 g/mol. The van der Waals surface area contributed by atoms with Crippen molar-refractivity contribution in [2.45, 2.75) is 54.8 Å². The van der Waals surface area contributed by atoms with Gasteiger partial charge in [-0.2, -0.15) is 88.4 Å². The van der Waals surface area contributed by atoms with Gasteiger partial charge in [-0.25, -0.2) is 4.79 Å². The number of carboxylic acids is 1. The number of rotatable bonds is 24. The van der Waals surface area contributed by atoms with Crippen LogP contribution in [0.3, 0.4) is 0 Å². The summed E-state index contributed by atoms with van der Waals surface area (Å²) in [6.45, 7) is 0. The van der Waals surface area contributed by atoms with Crippen LogP contribution in [0.1, 0.15) is 5.56 Å². The summed E-state index contributed by atoms with van der Waals surface area (Å²) >= 11 is 28.5. The van der Waals surface area contributed by atoms with Crippen LogP contribution < -0.4 is 43.0 Å². The van der Waals surface area contributed by atoms with Gasteiger partial charge in [0, 0.05) is 46.7 Å². The normalized spacial score (nSPS) is 15.3. The van der Waals surface area contributed by atoms with E-state index in [0.717, 1.165) is 0 Å². The summed E-state index contributed by atoms with van der Waals surface area (Å²) in [5, 5.41) is 26.3. The van der Waals surface area contributed by atoms with Gasteiger partial charge in [0.05, 0.1) is 6.04 Å². The number of nitrogens with two attached hydrogens (primary N) is 1. The smallest absolute Gasteiger partial charge is 0.327 e. The molecule has 24 heteroatoms. The Labute approximate surface area is 351 Å². The molecule has 0 aliphatic rings. The first kappa shape index (κ1) is 49.4. The maximum Gasteiger partial charge on any atom is 0.327 e. The maximum atomic E-state index is 13.6. The van der Waals surface area contributed by atoms with Gasteiger partial charge in [-0.3, -0.25) is 33.6 Å². The quantitative estimate of drug-likeness (QED) is 0.0457. The molecule has 10 N–H and O–H groups in total. The van der Waals surface area contributed by atoms with E-state index in [1.54, 1.807) is 30.3 Å². The van der Waals surface area contributed by atoms with E-state index in [4.69, 9.17) is 5.73 Å². The first-order valence-electron chi connectivity index (χ1n) is 16.0. The van der Waals surface area contributed by atoms with Crippen molar-refractivity contribution >= 4 is 136 Å². The molecule has 0 bridgehead atoms. The van der Waals surface area contributed by atoms with Crippen LogP contribution in [0.25, 0.3) is 0 Å². The highest BCUT2D eigenvalue weighted by Gasteiger charge is 2.33. The molecule has 7 amide bonds. The van der Waals surface area contributed by atoms with E-state index >= 15 is 0 Å². The summed E-state index contributed by atoms with van der Waals surface area (Å²) < 4.78 is 0. The molecule has 8 atom stereocenters. The molecule has 0 spiro atoms. The lowest BCUT2D eigenvalue weighted by Crippen LogP contribution is -2.61. The highest BCUT2D eigenvalue weighted by atomic mass is 32.1. The van der Waals surface area contributed by atoms with Gasteiger partial charge in [0.15, 0.2) is 0 Å². The molecule has 0 radical (unpaired) electrons. The number of benzene rings is 1. The van der Waals surface area contributed by atoms with Gasteiger partial charge in [0.1, 0.15) is 42.3 Å². The minimum atomic E-state index is -1.33. The predicted molar refractivity (Wildman–Crippen MR) is 226 cm³/mol. The van der Waals surface area contributed by atoms with Crippen LogP contribution in [-0.4, -0.2) is 141 Å². The van der Waals surface area contributed by atoms with Crippen molar-refractivity contribution in [2.24, 2.45) is 5.73 Å². The Morgan fingerprint density at radius 1 is 0.444 bits per heavy atom. The van der Waals surface area contributed by atoms with Crippen LogP contribution in [0.5, 0.6) is 0 Å². The second-order valence-corrected chi connectivity index (χ2v) is 13.9. The Kier molecular flexibility index (Phi) is 24.0. The number of aliphatic carboxylic acids is 1. The molecular weight excluding hydrogens is 841 g/mol. The van der Waals surface area contributed by atoms with Gasteiger partial charge in [-0.15, -0.1) is 0 Å². The number of carbonyl (C=O) groups is 8. The summed E-state index contributed by atoms with van der Waals surface area (Å²) in [7, 11) is 0. The zero-order valence-electron chi connectivity index (χ0n) is 28.6. The lowest BCUT2D eigenvalue weighted by Gasteiger charge is -2.26. The number of thiol groups is 7. The Balaban J connectivity index is 3.12. The first-order valence-corrected chi connectivity index (χ1v) is 20.4. The summed E-state index contributed by atoms with van der Waals surface area (Å²) in [6.07, 6.45) is -0.0580. The molecule has 0 unspecified atom stereocenters. The van der Waals surface area contributed by atoms with E-state index in [9.17, 15) is 43.5 Å². The van der Waals surface area contributed by atoms with Crippen molar-refractivity contribution in [2.75, 3.05) is 40.3 Å². The minimum Gasteiger partial charge on any atom is -0.480 e. The Hall–Kier alpha value is -2.61. The highest BCUT2D eigenvalue weighted by Crippen LogP contribution is 2.07. The number of hydrogen-bond acceptors (Lipinski definition) is 16. The van der Waals surface area contributed by atoms with Gasteiger partial charge in [-0.05, 0) is 5.56 Å². The topological polar surface area (TPSA) is 267 Å². The molecule has 1 rings (SSSR count). The summed E-state index contributed by atoms with van der Waals surface area (Å²) in [4.78, 5) is 102. The lowest BCUT2D eigenvalue weighted by atomic mass is 10.0. The van der Waals surface area contributed by atoms with E-state index in [1.165, 1.54) is 0 Å². The molecule has 1 aromatic rings. The fourth-order valence-electron chi connectivity index (χ4n) is 4.21. The van der Waals surface area contributed by atoms with Crippen molar-refractivity contribution in [1.82, 2.24) is 37.2 Å². The van der Waals surface area contributed by atoms with Crippen LogP contribution in [0.15, 0.2) is 30.3 Å². The summed E-state index contributed by atoms with van der Waals surface area (Å²) in [5.74, 6) is -8.18. The number of hydrogen-bond donors (Lipinski definition) is 16. The number of carbonyl (C=O) groups excluding carboxylic acids is 7. The molecule has 0 aliphatic carbocycles. The second-order valence-electron chi connectivity index (χ2n) is 11.3. The first-order chi connectivity index (χ1) is 25.6. The molecule has 1 aromatic carbocycles. The van der Waals surface area contributed by atoms with Gasteiger partial charge in [-0.1, -0.05) is 30.3 Å². The van der Waals surface area contributed by atoms with Gasteiger partial charge >= 0.3 is 5.97 Å². The third-order valence-electron chi connectivity index (χ3n) is 7.32. The third-order valence-corrected chi connectivity index (χ3v) is 9.91. The maximum absolute atomic E-state index is 13.6.